The van der Waals surface area contributed by atoms with Crippen LogP contribution in [0.1, 0.15) is 32.1 Å². The van der Waals surface area contributed by atoms with E-state index in [1.54, 1.807) is 27.1 Å². The van der Waals surface area contributed by atoms with E-state index in [9.17, 15) is 14.0 Å². The molecule has 182 valence electrons. The molecule has 1 aromatic carbocycles. The third-order valence-corrected chi connectivity index (χ3v) is 5.34. The minimum absolute atomic E-state index is 0.0769. The van der Waals surface area contributed by atoms with E-state index in [-0.39, 0.29) is 22.6 Å². The fourth-order valence-electron chi connectivity index (χ4n) is 3.39. The largest absolute Gasteiger partial charge is 0.359 e. The minimum Gasteiger partial charge on any atom is -0.359 e. The van der Waals surface area contributed by atoms with Crippen molar-refractivity contribution in [2.75, 3.05) is 23.0 Å². The lowest BCUT2D eigenvalue weighted by molar-refractivity contribution is 0.261. The average Bonchev–Trinajstić information content (AvgIpc) is 3.27. The Kier molecular flexibility index (Phi) is 5.97. The van der Waals surface area contributed by atoms with Crippen molar-refractivity contribution in [2.24, 2.45) is 7.05 Å². The summed E-state index contributed by atoms with van der Waals surface area (Å²) in [7, 11) is 3.23. The fourth-order valence-corrected chi connectivity index (χ4v) is 3.39. The first-order valence-corrected chi connectivity index (χ1v) is 10.7. The smallest absolute Gasteiger partial charge is 0.325 e. The summed E-state index contributed by atoms with van der Waals surface area (Å²) in [4.78, 5) is 38.4. The molecule has 0 aliphatic carbocycles. The number of aromatic nitrogens is 5. The molecule has 3 heterocycles. The minimum atomic E-state index is -0.722. The number of anilines is 3. The van der Waals surface area contributed by atoms with Gasteiger partial charge in [0.15, 0.2) is 11.5 Å². The van der Waals surface area contributed by atoms with Crippen LogP contribution < -0.4 is 21.5 Å². The highest BCUT2D eigenvalue weighted by molar-refractivity contribution is 5.99. The lowest BCUT2D eigenvalue weighted by Gasteiger charge is -2.13. The number of hydrogen-bond acceptors (Lipinski definition) is 8. The van der Waals surface area contributed by atoms with Gasteiger partial charge in [-0.3, -0.25) is 14.7 Å². The van der Waals surface area contributed by atoms with Crippen molar-refractivity contribution in [1.29, 1.82) is 0 Å². The second kappa shape index (κ2) is 8.78. The standard InChI is InChI=1S/C23H25FN8O3/c1-11-7-13(24)14(28-22(34)29-17-9-16(35-31-17)23(2,3)4)8-12(11)18-20(33)32(6)19-15(27-18)10-26-21(25-5)30-19/h7-10H,1-6H3,(H,25,26,30)(H2,28,29,31,34). The van der Waals surface area contributed by atoms with Gasteiger partial charge in [0.05, 0.1) is 11.9 Å². The van der Waals surface area contributed by atoms with Gasteiger partial charge in [0.2, 0.25) is 5.95 Å². The molecular formula is C23H25FN8O3. The van der Waals surface area contributed by atoms with Gasteiger partial charge in [-0.05, 0) is 24.6 Å². The molecule has 4 aromatic rings. The van der Waals surface area contributed by atoms with Crippen molar-refractivity contribution >= 4 is 34.6 Å². The first-order valence-electron chi connectivity index (χ1n) is 10.7. The predicted octanol–water partition coefficient (Wildman–Crippen LogP) is 3.81. The first kappa shape index (κ1) is 23.8. The zero-order valence-corrected chi connectivity index (χ0v) is 20.1. The second-order valence-electron chi connectivity index (χ2n) is 9.03. The highest BCUT2D eigenvalue weighted by Gasteiger charge is 2.21. The lowest BCUT2D eigenvalue weighted by atomic mass is 9.93. The maximum absolute atomic E-state index is 14.7. The van der Waals surface area contributed by atoms with E-state index in [1.165, 1.54) is 22.9 Å². The SMILES string of the molecule is CNc1ncc2nc(-c3cc(NC(=O)Nc4cc(C(C)(C)C)on4)c(F)cc3C)c(=O)n(C)c2n1. The van der Waals surface area contributed by atoms with Crippen LogP contribution >= 0.6 is 0 Å². The zero-order chi connectivity index (χ0) is 25.5. The van der Waals surface area contributed by atoms with E-state index in [0.717, 1.165) is 0 Å². The summed E-state index contributed by atoms with van der Waals surface area (Å²) >= 11 is 0. The molecule has 0 aliphatic rings. The number of fused-ring (bicyclic) bond motifs is 1. The van der Waals surface area contributed by atoms with Crippen molar-refractivity contribution in [3.05, 3.63) is 51.9 Å². The van der Waals surface area contributed by atoms with Crippen LogP contribution in [0.15, 0.2) is 33.7 Å². The van der Waals surface area contributed by atoms with Crippen molar-refractivity contribution in [2.45, 2.75) is 33.1 Å². The number of benzene rings is 1. The van der Waals surface area contributed by atoms with Crippen LogP contribution in [0.2, 0.25) is 0 Å². The molecule has 0 bridgehead atoms. The van der Waals surface area contributed by atoms with E-state index in [2.05, 4.69) is 36.1 Å². The maximum Gasteiger partial charge on any atom is 0.325 e. The number of carbonyl (C=O) groups excluding carboxylic acids is 1. The van der Waals surface area contributed by atoms with Gasteiger partial charge in [-0.15, -0.1) is 0 Å². The number of hydrogen-bond donors (Lipinski definition) is 3. The van der Waals surface area contributed by atoms with Gasteiger partial charge in [-0.1, -0.05) is 25.9 Å². The summed E-state index contributed by atoms with van der Waals surface area (Å²) in [6.07, 6.45) is 1.49. The molecule has 11 nitrogen and oxygen atoms in total. The number of nitrogens with zero attached hydrogens (tertiary/aromatic N) is 5. The number of amides is 2. The molecule has 0 saturated heterocycles. The summed E-state index contributed by atoms with van der Waals surface area (Å²) in [5.74, 6) is 0.447. The van der Waals surface area contributed by atoms with Gasteiger partial charge in [-0.2, -0.15) is 4.98 Å². The second-order valence-corrected chi connectivity index (χ2v) is 9.03. The van der Waals surface area contributed by atoms with Crippen molar-refractivity contribution < 1.29 is 13.7 Å². The number of rotatable bonds is 4. The summed E-state index contributed by atoms with van der Waals surface area (Å²) in [6, 6.07) is 3.47. The number of aryl methyl sites for hydroxylation is 2. The third kappa shape index (κ3) is 4.67. The number of urea groups is 1. The molecule has 2 amide bonds. The maximum atomic E-state index is 14.7. The van der Waals surface area contributed by atoms with Gasteiger partial charge in [0.25, 0.3) is 5.56 Å². The molecule has 3 N–H and O–H groups in total. The molecule has 0 atom stereocenters. The zero-order valence-electron chi connectivity index (χ0n) is 20.1. The van der Waals surface area contributed by atoms with Gasteiger partial charge >= 0.3 is 6.03 Å². The van der Waals surface area contributed by atoms with Gasteiger partial charge in [0.1, 0.15) is 22.8 Å². The highest BCUT2D eigenvalue weighted by atomic mass is 19.1. The highest BCUT2D eigenvalue weighted by Crippen LogP contribution is 2.28. The molecule has 0 aliphatic heterocycles. The summed E-state index contributed by atoms with van der Waals surface area (Å²) in [5, 5.41) is 11.6. The Morgan fingerprint density at radius 3 is 2.54 bits per heavy atom. The van der Waals surface area contributed by atoms with E-state index >= 15 is 0 Å². The Morgan fingerprint density at radius 1 is 1.14 bits per heavy atom. The van der Waals surface area contributed by atoms with E-state index in [4.69, 9.17) is 4.52 Å². The Labute approximate surface area is 199 Å². The van der Waals surface area contributed by atoms with Crippen molar-refractivity contribution in [3.63, 3.8) is 0 Å². The quantitative estimate of drug-likeness (QED) is 0.401. The molecule has 12 heteroatoms. The van der Waals surface area contributed by atoms with Crippen LogP contribution in [-0.2, 0) is 12.5 Å². The van der Waals surface area contributed by atoms with Crippen molar-refractivity contribution in [1.82, 2.24) is 24.7 Å². The number of carbonyl (C=O) groups is 1. The normalized spacial score (nSPS) is 11.5. The molecule has 0 spiro atoms. The van der Waals surface area contributed by atoms with Crippen LogP contribution in [0.5, 0.6) is 0 Å². The van der Waals surface area contributed by atoms with E-state index in [1.807, 2.05) is 20.8 Å². The van der Waals surface area contributed by atoms with Gasteiger partial charge in [0, 0.05) is 31.1 Å². The first-order chi connectivity index (χ1) is 16.5. The fraction of sp³-hybridized carbons (Fsp3) is 0.304. The predicted molar refractivity (Wildman–Crippen MR) is 130 cm³/mol. The monoisotopic (exact) mass is 480 g/mol. The van der Waals surface area contributed by atoms with E-state index < -0.39 is 17.4 Å². The summed E-state index contributed by atoms with van der Waals surface area (Å²) < 4.78 is 21.3. The van der Waals surface area contributed by atoms with Gasteiger partial charge in [-0.25, -0.2) is 19.2 Å². The van der Waals surface area contributed by atoms with Crippen LogP contribution in [-0.4, -0.2) is 37.8 Å². The molecule has 0 saturated carbocycles. The van der Waals surface area contributed by atoms with E-state index in [0.29, 0.717) is 34.0 Å². The topological polar surface area (TPSA) is 140 Å². The Hall–Kier alpha value is -4.35. The molecule has 4 rings (SSSR count). The number of halogens is 1. The number of nitrogens with one attached hydrogen (secondary N) is 3. The van der Waals surface area contributed by atoms with Gasteiger partial charge < -0.3 is 15.2 Å². The molecular weight excluding hydrogens is 455 g/mol. The molecule has 3 aromatic heterocycles. The Morgan fingerprint density at radius 2 is 1.89 bits per heavy atom. The summed E-state index contributed by atoms with van der Waals surface area (Å²) in [5.41, 5.74) is 0.785. The molecule has 0 fully saturated rings. The van der Waals surface area contributed by atoms with Crippen LogP contribution in [0.4, 0.5) is 26.6 Å². The van der Waals surface area contributed by atoms with Crippen LogP contribution in [0.25, 0.3) is 22.4 Å². The molecule has 0 radical (unpaired) electrons. The van der Waals surface area contributed by atoms with Crippen LogP contribution in [0, 0.1) is 12.7 Å². The Balaban J connectivity index is 1.67. The Bertz CT molecular complexity index is 1500. The summed E-state index contributed by atoms with van der Waals surface area (Å²) in [6.45, 7) is 7.48. The molecule has 0 unspecified atom stereocenters. The third-order valence-electron chi connectivity index (χ3n) is 5.34. The lowest BCUT2D eigenvalue weighted by Crippen LogP contribution is -2.23. The average molecular weight is 481 g/mol. The van der Waals surface area contributed by atoms with Crippen molar-refractivity contribution in [3.8, 4) is 11.3 Å². The molecule has 35 heavy (non-hydrogen) atoms. The van der Waals surface area contributed by atoms with Crippen LogP contribution in [0.3, 0.4) is 0 Å².